The number of hydrogen-bond acceptors (Lipinski definition) is 6. The number of rotatable bonds is 7. The summed E-state index contributed by atoms with van der Waals surface area (Å²) >= 11 is 4.84. The molecule has 0 spiro atoms. The molecule has 0 saturated carbocycles. The molecule has 9 heteroatoms. The van der Waals surface area contributed by atoms with Gasteiger partial charge in [0.05, 0.1) is 11.3 Å². The molecule has 22 heavy (non-hydrogen) atoms. The molecule has 0 aliphatic rings. The van der Waals surface area contributed by atoms with Crippen molar-refractivity contribution in [1.29, 1.82) is 0 Å². The summed E-state index contributed by atoms with van der Waals surface area (Å²) in [6.07, 6.45) is 0.370. The topological polar surface area (TPSA) is 105 Å². The molecule has 0 aromatic carbocycles. The second-order valence-electron chi connectivity index (χ2n) is 4.71. The van der Waals surface area contributed by atoms with E-state index in [1.165, 1.54) is 11.3 Å². The van der Waals surface area contributed by atoms with Gasteiger partial charge < -0.3 is 14.9 Å². The van der Waals surface area contributed by atoms with Crippen molar-refractivity contribution in [2.24, 2.45) is 0 Å². The molecule has 0 aliphatic carbocycles. The zero-order valence-electron chi connectivity index (χ0n) is 11.7. The van der Waals surface area contributed by atoms with Crippen molar-refractivity contribution in [1.82, 2.24) is 15.5 Å². The first-order chi connectivity index (χ1) is 10.4. The Kier molecular flexibility index (Phi) is 5.67. The minimum Gasteiger partial charge on any atom is -0.481 e. The average molecular weight is 388 g/mol. The lowest BCUT2D eigenvalue weighted by atomic mass is 10.2. The zero-order valence-corrected chi connectivity index (χ0v) is 14.1. The predicted octanol–water partition coefficient (Wildman–Crippen LogP) is 2.47. The van der Waals surface area contributed by atoms with Crippen molar-refractivity contribution >= 4 is 39.1 Å². The molecule has 1 amide bonds. The summed E-state index contributed by atoms with van der Waals surface area (Å²) in [6, 6.07) is 1.48. The Morgan fingerprint density at radius 2 is 2.32 bits per heavy atom. The van der Waals surface area contributed by atoms with Gasteiger partial charge in [-0.25, -0.2) is 0 Å². The van der Waals surface area contributed by atoms with Crippen LogP contribution in [0.5, 0.6) is 0 Å². The van der Waals surface area contributed by atoms with Crippen LogP contribution in [-0.2, 0) is 16.0 Å². The highest BCUT2D eigenvalue weighted by Gasteiger charge is 2.14. The molecular weight excluding hydrogens is 374 g/mol. The summed E-state index contributed by atoms with van der Waals surface area (Å²) in [5.74, 6) is -0.324. The van der Waals surface area contributed by atoms with Gasteiger partial charge in [-0.3, -0.25) is 9.59 Å². The van der Waals surface area contributed by atoms with Gasteiger partial charge in [0.1, 0.15) is 0 Å². The quantitative estimate of drug-likeness (QED) is 0.755. The van der Waals surface area contributed by atoms with Crippen LogP contribution in [0.1, 0.15) is 25.7 Å². The maximum atomic E-state index is 11.7. The summed E-state index contributed by atoms with van der Waals surface area (Å²) in [6.45, 7) is 1.64. The van der Waals surface area contributed by atoms with Crippen LogP contribution in [0, 0.1) is 0 Å². The summed E-state index contributed by atoms with van der Waals surface area (Å²) in [4.78, 5) is 27.3. The van der Waals surface area contributed by atoms with E-state index in [2.05, 4.69) is 31.4 Å². The Bertz CT molecular complexity index is 670. The van der Waals surface area contributed by atoms with Crippen LogP contribution >= 0.6 is 27.3 Å². The fourth-order valence-corrected chi connectivity index (χ4v) is 3.12. The normalized spacial score (nSPS) is 12.1. The number of hydrogen-bond donors (Lipinski definition) is 2. The fraction of sp³-hybridized carbons (Fsp3) is 0.385. The van der Waals surface area contributed by atoms with Crippen molar-refractivity contribution in [3.8, 4) is 10.7 Å². The molecule has 2 heterocycles. The van der Waals surface area contributed by atoms with Crippen molar-refractivity contribution in [2.45, 2.75) is 32.2 Å². The van der Waals surface area contributed by atoms with Crippen LogP contribution in [0.2, 0.25) is 0 Å². The van der Waals surface area contributed by atoms with Gasteiger partial charge in [-0.05, 0) is 28.9 Å². The lowest BCUT2D eigenvalue weighted by molar-refractivity contribution is -0.137. The summed E-state index contributed by atoms with van der Waals surface area (Å²) < 4.78 is 6.05. The third-order valence-corrected chi connectivity index (χ3v) is 4.40. The molecule has 1 unspecified atom stereocenters. The molecule has 7 nitrogen and oxygen atoms in total. The van der Waals surface area contributed by atoms with Gasteiger partial charge in [0.15, 0.2) is 0 Å². The van der Waals surface area contributed by atoms with Crippen LogP contribution in [0.3, 0.4) is 0 Å². The minimum atomic E-state index is -0.948. The molecule has 2 aromatic heterocycles. The zero-order chi connectivity index (χ0) is 16.1. The maximum Gasteiger partial charge on any atom is 0.305 e. The van der Waals surface area contributed by atoms with Crippen molar-refractivity contribution in [2.75, 3.05) is 0 Å². The SMILES string of the molecule is CC(CC(=O)O)NC(=O)CCc1nc(-c2cc(Br)cs2)no1. The van der Waals surface area contributed by atoms with Crippen LogP contribution < -0.4 is 5.32 Å². The van der Waals surface area contributed by atoms with E-state index in [1.54, 1.807) is 6.92 Å². The third kappa shape index (κ3) is 4.92. The van der Waals surface area contributed by atoms with Gasteiger partial charge in [-0.15, -0.1) is 11.3 Å². The molecule has 0 fully saturated rings. The van der Waals surface area contributed by atoms with E-state index in [0.29, 0.717) is 18.1 Å². The number of halogens is 1. The van der Waals surface area contributed by atoms with Crippen LogP contribution in [0.25, 0.3) is 10.7 Å². The summed E-state index contributed by atoms with van der Waals surface area (Å²) in [5, 5.41) is 17.0. The number of nitrogens with one attached hydrogen (secondary N) is 1. The number of aromatic nitrogens is 2. The van der Waals surface area contributed by atoms with Crippen LogP contribution in [0.4, 0.5) is 0 Å². The second kappa shape index (κ2) is 7.50. The highest BCUT2D eigenvalue weighted by molar-refractivity contribution is 9.10. The number of carbonyl (C=O) groups excluding carboxylic acids is 1. The number of carboxylic acid groups (broad SMARTS) is 1. The Labute approximate surface area is 138 Å². The smallest absolute Gasteiger partial charge is 0.305 e. The average Bonchev–Trinajstić information content (AvgIpc) is 3.03. The number of aliphatic carboxylic acids is 1. The third-order valence-electron chi connectivity index (χ3n) is 2.71. The van der Waals surface area contributed by atoms with Crippen molar-refractivity contribution < 1.29 is 19.2 Å². The van der Waals surface area contributed by atoms with Crippen LogP contribution in [-0.4, -0.2) is 33.2 Å². The lowest BCUT2D eigenvalue weighted by Gasteiger charge is -2.10. The van der Waals surface area contributed by atoms with E-state index in [1.807, 2.05) is 11.4 Å². The number of carboxylic acids is 1. The molecule has 0 bridgehead atoms. The van der Waals surface area contributed by atoms with Gasteiger partial charge >= 0.3 is 5.97 Å². The van der Waals surface area contributed by atoms with Gasteiger partial charge in [0, 0.05) is 28.7 Å². The van der Waals surface area contributed by atoms with Crippen molar-refractivity contribution in [3.63, 3.8) is 0 Å². The van der Waals surface area contributed by atoms with Crippen LogP contribution in [0.15, 0.2) is 20.4 Å². The molecule has 1 atom stereocenters. The molecular formula is C13H14BrN3O4S. The first kappa shape index (κ1) is 16.6. The van der Waals surface area contributed by atoms with E-state index < -0.39 is 12.0 Å². The lowest BCUT2D eigenvalue weighted by Crippen LogP contribution is -2.34. The maximum absolute atomic E-state index is 11.7. The Hall–Kier alpha value is -1.74. The van der Waals surface area contributed by atoms with Crippen molar-refractivity contribution in [3.05, 3.63) is 21.8 Å². The highest BCUT2D eigenvalue weighted by atomic mass is 79.9. The van der Waals surface area contributed by atoms with E-state index in [9.17, 15) is 9.59 Å². The second-order valence-corrected chi connectivity index (χ2v) is 6.53. The number of thiophene rings is 1. The summed E-state index contributed by atoms with van der Waals surface area (Å²) in [7, 11) is 0. The first-order valence-corrected chi connectivity index (χ1v) is 8.19. The predicted molar refractivity (Wildman–Crippen MR) is 83.5 cm³/mol. The van der Waals surface area contributed by atoms with E-state index in [4.69, 9.17) is 9.63 Å². The molecule has 2 N–H and O–H groups in total. The molecule has 0 radical (unpaired) electrons. The van der Waals surface area contributed by atoms with Gasteiger partial charge in [-0.2, -0.15) is 4.98 Å². The highest BCUT2D eigenvalue weighted by Crippen LogP contribution is 2.27. The number of carbonyl (C=O) groups is 2. The summed E-state index contributed by atoms with van der Waals surface area (Å²) in [5.41, 5.74) is 0. The largest absolute Gasteiger partial charge is 0.481 e. The van der Waals surface area contributed by atoms with Gasteiger partial charge in [0.25, 0.3) is 0 Å². The number of aryl methyl sites for hydroxylation is 1. The van der Waals surface area contributed by atoms with Gasteiger partial charge in [0.2, 0.25) is 17.6 Å². The van der Waals surface area contributed by atoms with E-state index in [-0.39, 0.29) is 18.7 Å². The molecule has 118 valence electrons. The van der Waals surface area contributed by atoms with E-state index >= 15 is 0 Å². The first-order valence-electron chi connectivity index (χ1n) is 6.52. The molecule has 2 rings (SSSR count). The molecule has 2 aromatic rings. The monoisotopic (exact) mass is 387 g/mol. The van der Waals surface area contributed by atoms with Gasteiger partial charge in [-0.1, -0.05) is 5.16 Å². The Morgan fingerprint density at radius 3 is 2.95 bits per heavy atom. The molecule has 0 aliphatic heterocycles. The number of amides is 1. The minimum absolute atomic E-state index is 0.107. The van der Waals surface area contributed by atoms with E-state index in [0.717, 1.165) is 9.35 Å². The Balaban J connectivity index is 1.83. The standard InChI is InChI=1S/C13H14BrN3O4S/c1-7(4-12(19)20)15-10(18)2-3-11-16-13(17-21-11)9-5-8(14)6-22-9/h5-7H,2-4H2,1H3,(H,15,18)(H,19,20). The number of nitrogens with zero attached hydrogens (tertiary/aromatic N) is 2. The Morgan fingerprint density at radius 1 is 1.55 bits per heavy atom. The fourth-order valence-electron chi connectivity index (χ4n) is 1.77. The molecule has 0 saturated heterocycles.